The first-order valence-electron chi connectivity index (χ1n) is 6.72. The van der Waals surface area contributed by atoms with Crippen LogP contribution in [0.4, 0.5) is 0 Å². The van der Waals surface area contributed by atoms with Gasteiger partial charge in [-0.05, 0) is 32.7 Å². The number of nitrogens with zero attached hydrogens (tertiary/aromatic N) is 1. The first kappa shape index (κ1) is 14.3. The summed E-state index contributed by atoms with van der Waals surface area (Å²) < 4.78 is 5.13. The molecule has 4 nitrogen and oxygen atoms in total. The van der Waals surface area contributed by atoms with Crippen molar-refractivity contribution in [1.29, 1.82) is 0 Å². The molecule has 2 rings (SSSR count). The number of nitrogens with one attached hydrogen (secondary N) is 1. The number of hydrogen-bond acceptors (Lipinski definition) is 4. The second-order valence-electron chi connectivity index (χ2n) is 5.06. The fraction of sp³-hybridized carbons (Fsp3) is 0.643. The van der Waals surface area contributed by atoms with Gasteiger partial charge in [-0.2, -0.15) is 0 Å². The fourth-order valence-corrected chi connectivity index (χ4v) is 3.47. The topological polar surface area (TPSA) is 41.6 Å². The van der Waals surface area contributed by atoms with Gasteiger partial charge in [0.15, 0.2) is 0 Å². The van der Waals surface area contributed by atoms with Crippen LogP contribution in [-0.2, 0) is 0 Å². The lowest BCUT2D eigenvalue weighted by Gasteiger charge is -2.34. The van der Waals surface area contributed by atoms with Gasteiger partial charge in [-0.15, -0.1) is 11.3 Å². The smallest absolute Gasteiger partial charge is 0.264 e. The van der Waals surface area contributed by atoms with E-state index in [0.717, 1.165) is 36.3 Å². The van der Waals surface area contributed by atoms with E-state index < -0.39 is 0 Å². The predicted molar refractivity (Wildman–Crippen MR) is 78.1 cm³/mol. The van der Waals surface area contributed by atoms with Crippen molar-refractivity contribution in [2.45, 2.75) is 37.8 Å². The van der Waals surface area contributed by atoms with E-state index in [-0.39, 0.29) is 5.91 Å². The Bertz CT molecular complexity index is 425. The van der Waals surface area contributed by atoms with Crippen LogP contribution in [-0.4, -0.2) is 44.1 Å². The molecule has 1 aromatic heterocycles. The Morgan fingerprint density at radius 1 is 1.42 bits per heavy atom. The van der Waals surface area contributed by atoms with Crippen LogP contribution < -0.4 is 10.1 Å². The quantitative estimate of drug-likeness (QED) is 0.922. The second kappa shape index (κ2) is 6.39. The summed E-state index contributed by atoms with van der Waals surface area (Å²) in [6.45, 7) is 0. The second-order valence-corrected chi connectivity index (χ2v) is 5.97. The molecule has 1 fully saturated rings. The van der Waals surface area contributed by atoms with Gasteiger partial charge >= 0.3 is 0 Å². The average molecular weight is 282 g/mol. The van der Waals surface area contributed by atoms with Crippen molar-refractivity contribution in [2.75, 3.05) is 21.2 Å². The highest BCUT2D eigenvalue weighted by Gasteiger charge is 2.27. The highest BCUT2D eigenvalue weighted by atomic mass is 32.1. The SMILES string of the molecule is CNC1CCC(N(C)C(=O)c2cc(OC)cs2)CC1. The zero-order valence-electron chi connectivity index (χ0n) is 11.8. The van der Waals surface area contributed by atoms with Crippen molar-refractivity contribution in [3.8, 4) is 5.75 Å². The number of methoxy groups -OCH3 is 1. The van der Waals surface area contributed by atoms with Gasteiger partial charge in [-0.25, -0.2) is 0 Å². The first-order valence-corrected chi connectivity index (χ1v) is 7.60. The molecule has 0 atom stereocenters. The average Bonchev–Trinajstić information content (AvgIpc) is 2.94. The van der Waals surface area contributed by atoms with E-state index in [1.54, 1.807) is 7.11 Å². The largest absolute Gasteiger partial charge is 0.496 e. The maximum atomic E-state index is 12.4. The van der Waals surface area contributed by atoms with E-state index in [1.807, 2.05) is 30.4 Å². The van der Waals surface area contributed by atoms with Crippen LogP contribution in [0, 0.1) is 0 Å². The highest BCUT2D eigenvalue weighted by molar-refractivity contribution is 7.12. The minimum absolute atomic E-state index is 0.112. The molecule has 0 aromatic carbocycles. The number of thiophene rings is 1. The van der Waals surface area contributed by atoms with Crippen LogP contribution in [0.15, 0.2) is 11.4 Å². The lowest BCUT2D eigenvalue weighted by Crippen LogP contribution is -2.42. The van der Waals surface area contributed by atoms with Gasteiger partial charge in [0.1, 0.15) is 5.75 Å². The van der Waals surface area contributed by atoms with E-state index >= 15 is 0 Å². The number of hydrogen-bond donors (Lipinski definition) is 1. The van der Waals surface area contributed by atoms with Crippen molar-refractivity contribution >= 4 is 17.2 Å². The fourth-order valence-electron chi connectivity index (χ4n) is 2.63. The number of carbonyl (C=O) groups excluding carboxylic acids is 1. The molecule has 1 saturated carbocycles. The monoisotopic (exact) mass is 282 g/mol. The molecule has 1 aliphatic carbocycles. The van der Waals surface area contributed by atoms with Crippen molar-refractivity contribution in [1.82, 2.24) is 10.2 Å². The van der Waals surface area contributed by atoms with E-state index in [4.69, 9.17) is 4.74 Å². The van der Waals surface area contributed by atoms with Gasteiger partial charge in [0.05, 0.1) is 12.0 Å². The van der Waals surface area contributed by atoms with Crippen molar-refractivity contribution < 1.29 is 9.53 Å². The first-order chi connectivity index (χ1) is 9.15. The van der Waals surface area contributed by atoms with Crippen molar-refractivity contribution in [3.63, 3.8) is 0 Å². The third-order valence-corrected chi connectivity index (χ3v) is 4.89. The summed E-state index contributed by atoms with van der Waals surface area (Å²) in [7, 11) is 5.55. The molecular formula is C14H22N2O2S. The molecule has 0 bridgehead atoms. The molecule has 1 aliphatic rings. The summed E-state index contributed by atoms with van der Waals surface area (Å²) in [5.41, 5.74) is 0. The lowest BCUT2D eigenvalue weighted by atomic mass is 9.90. The molecular weight excluding hydrogens is 260 g/mol. The number of carbonyl (C=O) groups is 1. The van der Waals surface area contributed by atoms with E-state index in [2.05, 4.69) is 5.32 Å². The zero-order chi connectivity index (χ0) is 13.8. The predicted octanol–water partition coefficient (Wildman–Crippen LogP) is 2.36. The van der Waals surface area contributed by atoms with Gasteiger partial charge in [0, 0.05) is 30.6 Å². The molecule has 1 amide bonds. The molecule has 1 aromatic rings. The third kappa shape index (κ3) is 3.28. The van der Waals surface area contributed by atoms with Gasteiger partial charge in [-0.3, -0.25) is 4.79 Å². The summed E-state index contributed by atoms with van der Waals surface area (Å²) in [5.74, 6) is 0.877. The Morgan fingerprint density at radius 2 is 2.11 bits per heavy atom. The highest BCUT2D eigenvalue weighted by Crippen LogP contribution is 2.26. The Morgan fingerprint density at radius 3 is 2.63 bits per heavy atom. The van der Waals surface area contributed by atoms with E-state index in [9.17, 15) is 4.79 Å². The third-order valence-electron chi connectivity index (χ3n) is 3.99. The van der Waals surface area contributed by atoms with Crippen LogP contribution >= 0.6 is 11.3 Å². The molecule has 5 heteroatoms. The summed E-state index contributed by atoms with van der Waals surface area (Å²) in [6.07, 6.45) is 4.45. The lowest BCUT2D eigenvalue weighted by molar-refractivity contribution is 0.0690. The molecule has 106 valence electrons. The Hall–Kier alpha value is -1.07. The molecule has 0 unspecified atom stereocenters. The molecule has 0 saturated heterocycles. The van der Waals surface area contributed by atoms with Crippen LogP contribution in [0.2, 0.25) is 0 Å². The summed E-state index contributed by atoms with van der Waals surface area (Å²) >= 11 is 1.45. The molecule has 1 heterocycles. The molecule has 0 spiro atoms. The molecule has 0 aliphatic heterocycles. The van der Waals surface area contributed by atoms with Gasteiger partial charge < -0.3 is 15.0 Å². The maximum Gasteiger partial charge on any atom is 0.264 e. The molecule has 19 heavy (non-hydrogen) atoms. The van der Waals surface area contributed by atoms with Gasteiger partial charge in [0.25, 0.3) is 5.91 Å². The minimum Gasteiger partial charge on any atom is -0.496 e. The number of ether oxygens (including phenoxy) is 1. The normalized spacial score (nSPS) is 23.1. The van der Waals surface area contributed by atoms with Gasteiger partial charge in [0.2, 0.25) is 0 Å². The Balaban J connectivity index is 1.95. The maximum absolute atomic E-state index is 12.4. The number of rotatable bonds is 4. The van der Waals surface area contributed by atoms with Crippen LogP contribution in [0.1, 0.15) is 35.4 Å². The summed E-state index contributed by atoms with van der Waals surface area (Å²) in [6, 6.07) is 2.80. The van der Waals surface area contributed by atoms with Crippen molar-refractivity contribution in [3.05, 3.63) is 16.3 Å². The summed E-state index contributed by atoms with van der Waals surface area (Å²) in [4.78, 5) is 15.0. The standard InChI is InChI=1S/C14H22N2O2S/c1-15-10-4-6-11(7-5-10)16(2)14(17)13-8-12(18-3)9-19-13/h8-11,15H,4-7H2,1-3H3. The molecule has 0 radical (unpaired) electrons. The van der Waals surface area contributed by atoms with E-state index in [1.165, 1.54) is 11.3 Å². The van der Waals surface area contributed by atoms with Gasteiger partial charge in [-0.1, -0.05) is 0 Å². The summed E-state index contributed by atoms with van der Waals surface area (Å²) in [5, 5.41) is 5.19. The Kier molecular flexibility index (Phi) is 4.82. The van der Waals surface area contributed by atoms with Crippen LogP contribution in [0.25, 0.3) is 0 Å². The zero-order valence-corrected chi connectivity index (χ0v) is 12.6. The Labute approximate surface area is 118 Å². The van der Waals surface area contributed by atoms with Crippen LogP contribution in [0.3, 0.4) is 0 Å². The number of amides is 1. The molecule has 1 N–H and O–H groups in total. The van der Waals surface area contributed by atoms with E-state index in [0.29, 0.717) is 12.1 Å². The van der Waals surface area contributed by atoms with Crippen molar-refractivity contribution in [2.24, 2.45) is 0 Å². The minimum atomic E-state index is 0.112. The van der Waals surface area contributed by atoms with Crippen LogP contribution in [0.5, 0.6) is 5.75 Å².